The van der Waals surface area contributed by atoms with Gasteiger partial charge in [-0.15, -0.1) is 59.2 Å². The minimum Gasteiger partial charge on any atom is -0.499 e. The van der Waals surface area contributed by atoms with Crippen LogP contribution in [0, 0.1) is 0 Å². The average molecular weight is 1890 g/mol. The third kappa shape index (κ3) is 88.0. The van der Waals surface area contributed by atoms with E-state index in [1.54, 1.807) is 38.2 Å². The van der Waals surface area contributed by atoms with Crippen molar-refractivity contribution in [2.45, 2.75) is 236 Å². The zero-order chi connectivity index (χ0) is 100. The highest BCUT2D eigenvalue weighted by Crippen LogP contribution is 2.38. The molecule has 0 spiro atoms. The summed E-state index contributed by atoms with van der Waals surface area (Å²) in [7, 11) is 0. The van der Waals surface area contributed by atoms with Gasteiger partial charge in [-0.2, -0.15) is 0 Å². The third-order valence-corrected chi connectivity index (χ3v) is 18.6. The molecule has 0 aliphatic carbocycles. The second-order valence-corrected chi connectivity index (χ2v) is 34.3. The number of esters is 3. The summed E-state index contributed by atoms with van der Waals surface area (Å²) in [6.07, 6.45) is 37.0. The zero-order valence-electron chi connectivity index (χ0n) is 83.5. The maximum absolute atomic E-state index is 10.7. The Morgan fingerprint density at radius 1 is 0.430 bits per heavy atom. The first-order valence-electron chi connectivity index (χ1n) is 46.9. The number of hydrogen-bond acceptors (Lipinski definition) is 25. The summed E-state index contributed by atoms with van der Waals surface area (Å²) >= 11 is 0. The molecular formula is C110H168O25. The number of hydrogen-bond donors (Lipinski definition) is 1. The van der Waals surface area contributed by atoms with E-state index in [9.17, 15) is 14.4 Å². The van der Waals surface area contributed by atoms with Crippen LogP contribution in [0.3, 0.4) is 0 Å². The van der Waals surface area contributed by atoms with Crippen LogP contribution < -0.4 is 0 Å². The first kappa shape index (κ1) is 125. The third-order valence-electron chi connectivity index (χ3n) is 18.6. The van der Waals surface area contributed by atoms with Crippen LogP contribution in [0.15, 0.2) is 267 Å². The van der Waals surface area contributed by atoms with Crippen LogP contribution in [0.1, 0.15) is 175 Å². The van der Waals surface area contributed by atoms with Gasteiger partial charge in [0.1, 0.15) is 85.5 Å². The van der Waals surface area contributed by atoms with Gasteiger partial charge in [0.25, 0.3) is 0 Å². The second-order valence-electron chi connectivity index (χ2n) is 34.3. The molecule has 1 N–H and O–H groups in total. The number of aliphatic hydroxyl groups is 1. The lowest BCUT2D eigenvalue weighted by Crippen LogP contribution is -2.16. The lowest BCUT2D eigenvalue weighted by atomic mass is 10.0. The van der Waals surface area contributed by atoms with Crippen LogP contribution >= 0.6 is 0 Å². The van der Waals surface area contributed by atoms with Gasteiger partial charge in [0.2, 0.25) is 0 Å². The van der Waals surface area contributed by atoms with Gasteiger partial charge in [0.15, 0.2) is 0 Å². The Hall–Kier alpha value is -8.49. The number of allylic oxidation sites excluding steroid dienone is 5. The van der Waals surface area contributed by atoms with Crippen LogP contribution in [-0.2, 0) is 119 Å². The molecular weight excluding hydrogens is 1720 g/mol. The highest BCUT2D eigenvalue weighted by atomic mass is 16.7. The van der Waals surface area contributed by atoms with Crippen molar-refractivity contribution in [1.29, 1.82) is 0 Å². The summed E-state index contributed by atoms with van der Waals surface area (Å²) in [5.74, 6) is -1.11. The zero-order valence-corrected chi connectivity index (χ0v) is 83.5. The van der Waals surface area contributed by atoms with E-state index in [0.29, 0.717) is 134 Å². The van der Waals surface area contributed by atoms with Crippen molar-refractivity contribution >= 4 is 17.9 Å². The molecule has 135 heavy (non-hydrogen) atoms. The molecule has 14 saturated heterocycles. The average Bonchev–Trinajstić information content (AvgIpc) is 1.64. The van der Waals surface area contributed by atoms with Gasteiger partial charge in [-0.05, 0) is 137 Å². The molecule has 0 bridgehead atoms. The quantitative estimate of drug-likeness (QED) is 0.0105. The molecule has 0 radical (unpaired) electrons. The first-order chi connectivity index (χ1) is 64.8. The Morgan fingerprint density at radius 2 is 0.785 bits per heavy atom. The number of carbonyl (C=O) groups excluding carboxylic acids is 3. The lowest BCUT2D eigenvalue weighted by Gasteiger charge is -2.05. The van der Waals surface area contributed by atoms with Gasteiger partial charge in [0.05, 0.1) is 169 Å². The van der Waals surface area contributed by atoms with E-state index in [1.165, 1.54) is 98.8 Å². The summed E-state index contributed by atoms with van der Waals surface area (Å²) in [5, 5.41) is 8.24. The molecule has 0 amide bonds. The summed E-state index contributed by atoms with van der Waals surface area (Å²) in [6.45, 7) is 85.8. The van der Waals surface area contributed by atoms with E-state index in [0.717, 1.165) is 110 Å². The second kappa shape index (κ2) is 77.4. The fraction of sp³-hybridized carbons (Fsp3) is 0.555. The predicted molar refractivity (Wildman–Crippen MR) is 537 cm³/mol. The number of benzene rings is 3. The highest BCUT2D eigenvalue weighted by molar-refractivity contribution is 5.87. The molecule has 758 valence electrons. The van der Waals surface area contributed by atoms with Crippen molar-refractivity contribution < 1.29 is 119 Å². The van der Waals surface area contributed by atoms with E-state index in [-0.39, 0.29) is 52.7 Å². The summed E-state index contributed by atoms with van der Waals surface area (Å²) in [5.41, 5.74) is 6.44. The molecule has 14 aliphatic heterocycles. The Kier molecular flexibility index (Phi) is 71.4. The van der Waals surface area contributed by atoms with Gasteiger partial charge in [-0.1, -0.05) is 209 Å². The highest BCUT2D eigenvalue weighted by Gasteiger charge is 2.42. The maximum atomic E-state index is 10.7. The molecule has 25 heteroatoms. The van der Waals surface area contributed by atoms with Crippen molar-refractivity contribution in [2.75, 3.05) is 159 Å². The molecule has 25 nitrogen and oxygen atoms in total. The molecule has 14 heterocycles. The van der Waals surface area contributed by atoms with Crippen LogP contribution in [0.25, 0.3) is 0 Å². The summed E-state index contributed by atoms with van der Waals surface area (Å²) in [6, 6.07) is 30.9. The summed E-state index contributed by atoms with van der Waals surface area (Å²) < 4.78 is 104. The fourth-order valence-electron chi connectivity index (χ4n) is 9.10. The monoisotopic (exact) mass is 1890 g/mol. The first-order valence-corrected chi connectivity index (χ1v) is 46.9. The van der Waals surface area contributed by atoms with E-state index in [2.05, 4.69) is 140 Å². The van der Waals surface area contributed by atoms with Crippen molar-refractivity contribution in [2.24, 2.45) is 0 Å². The predicted octanol–water partition coefficient (Wildman–Crippen LogP) is 20.3. The Bertz CT molecular complexity index is 3600. The van der Waals surface area contributed by atoms with Crippen molar-refractivity contribution in [3.63, 3.8) is 0 Å². The van der Waals surface area contributed by atoms with Gasteiger partial charge in [0, 0.05) is 17.7 Å². The van der Waals surface area contributed by atoms with Crippen LogP contribution in [-0.4, -0.2) is 253 Å². The van der Waals surface area contributed by atoms with E-state index < -0.39 is 5.97 Å². The Balaban J connectivity index is 0.000000722. The maximum Gasteiger partial charge on any atom is 0.333 e. The van der Waals surface area contributed by atoms with E-state index in [4.69, 9.17) is 99.8 Å². The number of rotatable bonds is 44. The molecule has 0 aromatic heterocycles. The van der Waals surface area contributed by atoms with Crippen LogP contribution in [0.2, 0.25) is 0 Å². The van der Waals surface area contributed by atoms with E-state index in [1.807, 2.05) is 121 Å². The minimum absolute atomic E-state index is 0.0233. The molecule has 0 saturated carbocycles. The van der Waals surface area contributed by atoms with Gasteiger partial charge < -0.3 is 105 Å². The van der Waals surface area contributed by atoms with Crippen LogP contribution in [0.5, 0.6) is 0 Å². The standard InChI is InChI=1S/C10H18O.C9H10O.C8H14O2.2C8H8O.C8H14O.2C7H10O3.C7H12O2.C6H8O3.C6H10O2.C6H10O.C5H8O2.C4H6O.C4H8O.C4H8.C3H6/c1-2-3-4-5-6-7-8-10-9-11-10;1-9(7-10-9)8-5-3-2-4-6-8;1-7(2)4-9-5-8(3)6-10-8;2*1-2-4-7(5-3-1)8-6-9-8;1-2-3-4-5-6-8-7-9-8;1-5(2)7(8)10-4-6-3-9-6;1-3-6(8)9-4-7(2)5-10-7;1-3-4-8-5-7(2)6-9-7;1-2-6(7)9-4-5-3-8-5;1-2-3-7-4-6-5-8-6;1-2-3-4-6-5-7-6;1-2-6-3-5-4-7-5;1-2-4-3-5-4;1-3-4(2)5;1-4(2)3;1-3-2/h2,10H,1,3-9H2;2-6H,7H2,1H3;1,4-6H2,2-3H3;2*1-5,8H,6H2;2,8H,1,3-7H2;6H,1,3-4H2,2H3;3H,1,4-5H2,2H3;3H,1,4-6H2,2H3;2,5H,1,3-4H2;2,6H,1,3-5H2;2,6H,1,3-5H2;2,5H,1,3-4H2;2,4H,1,3H2;3-5H,1H2,2H3;1H2,2-3H3;3H,1H2,2H3. The van der Waals surface area contributed by atoms with Gasteiger partial charge >= 0.3 is 17.9 Å². The number of ether oxygens (including phenoxy) is 21. The number of unbranched alkanes of at least 4 members (excludes halogenated alkanes) is 6. The van der Waals surface area contributed by atoms with Gasteiger partial charge in [-0.3, -0.25) is 0 Å². The molecule has 3 aromatic rings. The molecule has 14 fully saturated rings. The Labute approximate surface area is 810 Å². The largest absolute Gasteiger partial charge is 0.499 e. The van der Waals surface area contributed by atoms with E-state index >= 15 is 0 Å². The molecule has 14 aliphatic rings. The number of aliphatic hydroxyl groups excluding tert-OH is 1. The SMILES string of the molecule is C=C(C)C.C=C(C)C(=O)OCC1CO1.C=C(C)COCC1(C)CO1.C=CC.C=CC(=O)OCC1(C)CO1.C=CC(=O)OCC1CO1.C=CC(C)O.C=CC1CO1.C=CCCC1CO1.C=CCCCCC1CO1.C=CCCCCCCC1CO1.C=CCOCC1(C)CO1.C=CCOCC1CO1.C=COCC1CO1.CC1(c2ccccc2)CO1.c1ccc(C2CO2)cc1.c1ccc(C2CO2)cc1. The topological polar surface area (TPSA) is 311 Å². The summed E-state index contributed by atoms with van der Waals surface area (Å²) in [4.78, 5) is 31.5. The normalized spacial score (nSPS) is 24.8. The Morgan fingerprint density at radius 3 is 1.13 bits per heavy atom. The van der Waals surface area contributed by atoms with Crippen LogP contribution in [0.4, 0.5) is 0 Å². The number of carbonyl (C=O) groups is 3. The molecule has 15 unspecified atom stereocenters. The fourth-order valence-corrected chi connectivity index (χ4v) is 9.10. The minimum atomic E-state index is -0.392. The molecule has 3 aromatic carbocycles. The smallest absolute Gasteiger partial charge is 0.333 e. The van der Waals surface area contributed by atoms with Crippen molar-refractivity contribution in [3.05, 3.63) is 284 Å². The van der Waals surface area contributed by atoms with Gasteiger partial charge in [-0.25, -0.2) is 14.4 Å². The number of epoxide rings is 14. The molecule has 17 rings (SSSR count). The molecule has 15 atom stereocenters. The lowest BCUT2D eigenvalue weighted by molar-refractivity contribution is -0.140. The van der Waals surface area contributed by atoms with Crippen molar-refractivity contribution in [3.8, 4) is 0 Å². The van der Waals surface area contributed by atoms with Crippen molar-refractivity contribution in [1.82, 2.24) is 0 Å².